The molecule has 1 aliphatic rings. The number of aliphatic imine (C=N–C) groups is 1. The van der Waals surface area contributed by atoms with Crippen molar-refractivity contribution in [1.82, 2.24) is 0 Å². The van der Waals surface area contributed by atoms with Crippen LogP contribution in [0.3, 0.4) is 0 Å². The van der Waals surface area contributed by atoms with E-state index in [0.29, 0.717) is 6.61 Å². The van der Waals surface area contributed by atoms with Crippen LogP contribution in [0.2, 0.25) is 0 Å². The third kappa shape index (κ3) is 2.19. The van der Waals surface area contributed by atoms with Crippen LogP contribution in [-0.4, -0.2) is 6.21 Å². The van der Waals surface area contributed by atoms with Gasteiger partial charge in [0.15, 0.2) is 5.75 Å². The molecule has 0 saturated carbocycles. The third-order valence-electron chi connectivity index (χ3n) is 2.57. The molecule has 84 valence electrons. The predicted octanol–water partition coefficient (Wildman–Crippen LogP) is 3.26. The Balaban J connectivity index is 1.84. The van der Waals surface area contributed by atoms with E-state index in [0.717, 1.165) is 22.6 Å². The predicted molar refractivity (Wildman–Crippen MR) is 65.6 cm³/mol. The summed E-state index contributed by atoms with van der Waals surface area (Å²) in [6, 6.07) is 15.7. The first-order valence-corrected chi connectivity index (χ1v) is 5.43. The standard InChI is InChI=1S/C14H11NO2/c1-2-4-13(5-3-1)15-9-11-6-7-14-12(8-11)10-16-17-14/h1-9H,10H2. The van der Waals surface area contributed by atoms with Gasteiger partial charge in [-0.25, -0.2) is 0 Å². The van der Waals surface area contributed by atoms with Gasteiger partial charge in [-0.2, -0.15) is 4.89 Å². The molecule has 0 aromatic heterocycles. The van der Waals surface area contributed by atoms with Crippen LogP contribution in [-0.2, 0) is 11.5 Å². The van der Waals surface area contributed by atoms with Crippen LogP contribution < -0.4 is 4.89 Å². The van der Waals surface area contributed by atoms with Crippen LogP contribution in [0.5, 0.6) is 5.75 Å². The summed E-state index contributed by atoms with van der Waals surface area (Å²) in [5.74, 6) is 0.793. The average Bonchev–Trinajstić information content (AvgIpc) is 2.85. The van der Waals surface area contributed by atoms with Gasteiger partial charge < -0.3 is 4.89 Å². The minimum absolute atomic E-state index is 0.502. The van der Waals surface area contributed by atoms with Crippen molar-refractivity contribution >= 4 is 11.9 Å². The second-order valence-corrected chi connectivity index (χ2v) is 3.81. The summed E-state index contributed by atoms with van der Waals surface area (Å²) in [4.78, 5) is 14.3. The van der Waals surface area contributed by atoms with Crippen LogP contribution in [0.4, 0.5) is 5.69 Å². The molecule has 2 aromatic rings. The molecule has 3 heteroatoms. The van der Waals surface area contributed by atoms with E-state index in [9.17, 15) is 0 Å². The highest BCUT2D eigenvalue weighted by Gasteiger charge is 2.12. The quantitative estimate of drug-likeness (QED) is 0.580. The Morgan fingerprint density at radius 3 is 2.82 bits per heavy atom. The maximum Gasteiger partial charge on any atom is 0.171 e. The Labute approximate surface area is 99.3 Å². The molecule has 3 rings (SSSR count). The van der Waals surface area contributed by atoms with E-state index in [1.165, 1.54) is 0 Å². The largest absolute Gasteiger partial charge is 0.337 e. The summed E-state index contributed by atoms with van der Waals surface area (Å²) in [5.41, 5.74) is 3.05. The van der Waals surface area contributed by atoms with Crippen molar-refractivity contribution in [2.75, 3.05) is 0 Å². The molecule has 1 aliphatic heterocycles. The minimum atomic E-state index is 0.502. The first-order valence-electron chi connectivity index (χ1n) is 5.43. The Bertz CT molecular complexity index is 549. The van der Waals surface area contributed by atoms with Crippen molar-refractivity contribution in [2.45, 2.75) is 6.61 Å². The van der Waals surface area contributed by atoms with E-state index in [1.807, 2.05) is 54.7 Å². The van der Waals surface area contributed by atoms with Crippen LogP contribution in [0.25, 0.3) is 0 Å². The second kappa shape index (κ2) is 4.39. The lowest BCUT2D eigenvalue weighted by Gasteiger charge is -1.96. The van der Waals surface area contributed by atoms with Crippen LogP contribution >= 0.6 is 0 Å². The highest BCUT2D eigenvalue weighted by Crippen LogP contribution is 2.26. The van der Waals surface area contributed by atoms with Crippen molar-refractivity contribution in [2.24, 2.45) is 4.99 Å². The van der Waals surface area contributed by atoms with Crippen molar-refractivity contribution in [3.8, 4) is 5.75 Å². The van der Waals surface area contributed by atoms with Crippen molar-refractivity contribution in [3.63, 3.8) is 0 Å². The van der Waals surface area contributed by atoms with Crippen LogP contribution in [0, 0.1) is 0 Å². The molecule has 0 atom stereocenters. The van der Waals surface area contributed by atoms with Gasteiger partial charge in [0.2, 0.25) is 0 Å². The Hall–Kier alpha value is -2.13. The zero-order chi connectivity index (χ0) is 11.5. The Kier molecular flexibility index (Phi) is 2.60. The lowest BCUT2D eigenvalue weighted by atomic mass is 10.1. The Morgan fingerprint density at radius 1 is 1.06 bits per heavy atom. The third-order valence-corrected chi connectivity index (χ3v) is 2.57. The van der Waals surface area contributed by atoms with Gasteiger partial charge in [0.05, 0.1) is 5.69 Å². The number of hydrogen-bond donors (Lipinski definition) is 0. The number of benzene rings is 2. The average molecular weight is 225 g/mol. The van der Waals surface area contributed by atoms with Crippen LogP contribution in [0.15, 0.2) is 53.5 Å². The zero-order valence-corrected chi connectivity index (χ0v) is 9.17. The number of nitrogens with zero attached hydrogens (tertiary/aromatic N) is 1. The van der Waals surface area contributed by atoms with Gasteiger partial charge in [0, 0.05) is 11.8 Å². The van der Waals surface area contributed by atoms with Gasteiger partial charge in [-0.3, -0.25) is 4.99 Å². The molecule has 3 nitrogen and oxygen atoms in total. The van der Waals surface area contributed by atoms with E-state index in [1.54, 1.807) is 0 Å². The van der Waals surface area contributed by atoms with Gasteiger partial charge >= 0.3 is 0 Å². The molecule has 0 spiro atoms. The number of fused-ring (bicyclic) bond motifs is 1. The summed E-state index contributed by atoms with van der Waals surface area (Å²) in [6.07, 6.45) is 1.84. The summed E-state index contributed by atoms with van der Waals surface area (Å²) < 4.78 is 0. The number of rotatable bonds is 2. The van der Waals surface area contributed by atoms with Crippen molar-refractivity contribution in [3.05, 3.63) is 59.7 Å². The molecule has 0 N–H and O–H groups in total. The molecular formula is C14H11NO2. The van der Waals surface area contributed by atoms with E-state index in [-0.39, 0.29) is 0 Å². The minimum Gasteiger partial charge on any atom is -0.337 e. The highest BCUT2D eigenvalue weighted by atomic mass is 17.2. The molecule has 0 fully saturated rings. The van der Waals surface area contributed by atoms with Crippen molar-refractivity contribution < 1.29 is 9.78 Å². The monoisotopic (exact) mass is 225 g/mol. The van der Waals surface area contributed by atoms with Gasteiger partial charge in [0.25, 0.3) is 0 Å². The van der Waals surface area contributed by atoms with Gasteiger partial charge in [-0.05, 0) is 35.9 Å². The van der Waals surface area contributed by atoms with Gasteiger partial charge in [0.1, 0.15) is 6.61 Å². The van der Waals surface area contributed by atoms with Crippen LogP contribution in [0.1, 0.15) is 11.1 Å². The maximum absolute atomic E-state index is 4.97. The first kappa shape index (κ1) is 10.1. The first-order chi connectivity index (χ1) is 8.42. The summed E-state index contributed by atoms with van der Waals surface area (Å²) in [7, 11) is 0. The summed E-state index contributed by atoms with van der Waals surface area (Å²) in [6.45, 7) is 0.502. The summed E-state index contributed by atoms with van der Waals surface area (Å²) >= 11 is 0. The molecule has 1 heterocycles. The molecule has 0 radical (unpaired) electrons. The van der Waals surface area contributed by atoms with E-state index >= 15 is 0 Å². The molecule has 0 unspecified atom stereocenters. The fourth-order valence-electron chi connectivity index (χ4n) is 1.69. The topological polar surface area (TPSA) is 30.8 Å². The van der Waals surface area contributed by atoms with Gasteiger partial charge in [-0.15, -0.1) is 0 Å². The lowest BCUT2D eigenvalue weighted by Crippen LogP contribution is -1.83. The zero-order valence-electron chi connectivity index (χ0n) is 9.17. The van der Waals surface area contributed by atoms with E-state index in [4.69, 9.17) is 9.78 Å². The number of para-hydroxylation sites is 1. The molecule has 0 saturated heterocycles. The van der Waals surface area contributed by atoms with Gasteiger partial charge in [-0.1, -0.05) is 18.2 Å². The van der Waals surface area contributed by atoms with Crippen molar-refractivity contribution in [1.29, 1.82) is 0 Å². The maximum atomic E-state index is 4.97. The molecule has 17 heavy (non-hydrogen) atoms. The lowest BCUT2D eigenvalue weighted by molar-refractivity contribution is -0.194. The molecule has 0 amide bonds. The Morgan fingerprint density at radius 2 is 1.94 bits per heavy atom. The smallest absolute Gasteiger partial charge is 0.171 e. The van der Waals surface area contributed by atoms with E-state index < -0.39 is 0 Å². The summed E-state index contributed by atoms with van der Waals surface area (Å²) in [5, 5.41) is 0. The second-order valence-electron chi connectivity index (χ2n) is 3.81. The molecular weight excluding hydrogens is 214 g/mol. The highest BCUT2D eigenvalue weighted by molar-refractivity contribution is 5.82. The fourth-order valence-corrected chi connectivity index (χ4v) is 1.69. The molecule has 2 aromatic carbocycles. The van der Waals surface area contributed by atoms with E-state index in [2.05, 4.69) is 4.99 Å². The molecule has 0 bridgehead atoms. The SMILES string of the molecule is C(=Nc1ccccc1)c1ccc2c(c1)COO2. The molecule has 0 aliphatic carbocycles. The normalized spacial score (nSPS) is 13.6. The number of hydrogen-bond acceptors (Lipinski definition) is 3. The fraction of sp³-hybridized carbons (Fsp3) is 0.0714.